The zero-order valence-corrected chi connectivity index (χ0v) is 12.7. The highest BCUT2D eigenvalue weighted by atomic mass is 16.2. The van der Waals surface area contributed by atoms with E-state index in [9.17, 15) is 4.79 Å². The maximum Gasteiger partial charge on any atom is 0.240 e. The topological polar surface area (TPSA) is 35.6 Å². The fraction of sp³-hybridized carbons (Fsp3) is 0.933. The Hall–Kier alpha value is -0.610. The minimum absolute atomic E-state index is 0.00916. The van der Waals surface area contributed by atoms with Crippen LogP contribution in [0.5, 0.6) is 0 Å². The van der Waals surface area contributed by atoms with Crippen molar-refractivity contribution in [2.45, 2.75) is 58.7 Å². The number of carbonyl (C=O) groups excluding carboxylic acids is 1. The van der Waals surface area contributed by atoms with Crippen molar-refractivity contribution >= 4 is 5.91 Å². The van der Waals surface area contributed by atoms with Crippen LogP contribution in [0.2, 0.25) is 0 Å². The molecule has 0 aromatic carbocycles. The third-order valence-corrected chi connectivity index (χ3v) is 4.27. The molecule has 0 saturated carbocycles. The first-order chi connectivity index (χ1) is 9.08. The van der Waals surface area contributed by atoms with Crippen LogP contribution in [0.4, 0.5) is 0 Å². The van der Waals surface area contributed by atoms with Crippen molar-refractivity contribution < 1.29 is 4.79 Å². The standard InChI is InChI=1S/C15H29N3O/c1-12(2)11-14-16-13(3)15(19)18(14)10-9-17-7-5-4-6-8-17/h12-14,16H,4-11H2,1-3H3. The minimum Gasteiger partial charge on any atom is -0.325 e. The van der Waals surface area contributed by atoms with Crippen molar-refractivity contribution in [1.29, 1.82) is 0 Å². The molecule has 1 amide bonds. The van der Waals surface area contributed by atoms with Crippen LogP contribution in [0.3, 0.4) is 0 Å². The average molecular weight is 267 g/mol. The van der Waals surface area contributed by atoms with Gasteiger partial charge in [0.25, 0.3) is 0 Å². The van der Waals surface area contributed by atoms with Crippen LogP contribution in [-0.2, 0) is 4.79 Å². The summed E-state index contributed by atoms with van der Waals surface area (Å²) in [5, 5.41) is 3.43. The van der Waals surface area contributed by atoms with Crippen molar-refractivity contribution in [3.63, 3.8) is 0 Å². The van der Waals surface area contributed by atoms with E-state index in [-0.39, 0.29) is 18.1 Å². The lowest BCUT2D eigenvalue weighted by atomic mass is 10.1. The first-order valence-electron chi connectivity index (χ1n) is 7.87. The number of hydrogen-bond acceptors (Lipinski definition) is 3. The fourth-order valence-corrected chi connectivity index (χ4v) is 3.19. The third kappa shape index (κ3) is 3.93. The van der Waals surface area contributed by atoms with Crippen LogP contribution in [-0.4, -0.2) is 54.1 Å². The number of amides is 1. The average Bonchev–Trinajstić information content (AvgIpc) is 2.63. The van der Waals surface area contributed by atoms with E-state index in [0.29, 0.717) is 5.92 Å². The summed E-state index contributed by atoms with van der Waals surface area (Å²) in [6, 6.07) is -0.00916. The maximum absolute atomic E-state index is 12.2. The maximum atomic E-state index is 12.2. The summed E-state index contributed by atoms with van der Waals surface area (Å²) in [4.78, 5) is 16.8. The number of hydrogen-bond donors (Lipinski definition) is 1. The van der Waals surface area contributed by atoms with Crippen LogP contribution in [0.25, 0.3) is 0 Å². The smallest absolute Gasteiger partial charge is 0.240 e. The molecule has 2 saturated heterocycles. The second-order valence-electron chi connectivity index (χ2n) is 6.47. The van der Waals surface area contributed by atoms with Gasteiger partial charge in [-0.1, -0.05) is 20.3 Å². The van der Waals surface area contributed by atoms with E-state index in [1.54, 1.807) is 0 Å². The molecule has 2 rings (SSSR count). The highest BCUT2D eigenvalue weighted by molar-refractivity contribution is 5.83. The van der Waals surface area contributed by atoms with Gasteiger partial charge < -0.3 is 9.80 Å². The van der Waals surface area contributed by atoms with Crippen molar-refractivity contribution in [1.82, 2.24) is 15.1 Å². The third-order valence-electron chi connectivity index (χ3n) is 4.27. The lowest BCUT2D eigenvalue weighted by Gasteiger charge is -2.31. The molecule has 0 aromatic heterocycles. The highest BCUT2D eigenvalue weighted by Crippen LogP contribution is 2.18. The second kappa shape index (κ2) is 6.71. The molecule has 110 valence electrons. The zero-order chi connectivity index (χ0) is 13.8. The SMILES string of the molecule is CC(C)CC1NC(C)C(=O)N1CCN1CCCCC1. The number of piperidine rings is 1. The van der Waals surface area contributed by atoms with E-state index in [0.717, 1.165) is 19.5 Å². The molecule has 4 nitrogen and oxygen atoms in total. The Morgan fingerprint density at radius 3 is 2.53 bits per heavy atom. The van der Waals surface area contributed by atoms with Gasteiger partial charge in [-0.25, -0.2) is 0 Å². The number of likely N-dealkylation sites (tertiary alicyclic amines) is 1. The quantitative estimate of drug-likeness (QED) is 0.823. The van der Waals surface area contributed by atoms with Crippen molar-refractivity contribution in [3.8, 4) is 0 Å². The Labute approximate surface area is 117 Å². The summed E-state index contributed by atoms with van der Waals surface area (Å²) in [7, 11) is 0. The molecule has 2 aliphatic rings. The van der Waals surface area contributed by atoms with Crippen molar-refractivity contribution in [2.75, 3.05) is 26.2 Å². The highest BCUT2D eigenvalue weighted by Gasteiger charge is 2.36. The van der Waals surface area contributed by atoms with E-state index < -0.39 is 0 Å². The molecular weight excluding hydrogens is 238 g/mol. The van der Waals surface area contributed by atoms with Gasteiger partial charge in [-0.15, -0.1) is 0 Å². The summed E-state index contributed by atoms with van der Waals surface area (Å²) in [6.07, 6.45) is 5.30. The molecule has 1 N–H and O–H groups in total. The summed E-state index contributed by atoms with van der Waals surface area (Å²) in [5.74, 6) is 0.899. The number of nitrogens with one attached hydrogen (secondary N) is 1. The Morgan fingerprint density at radius 2 is 1.89 bits per heavy atom. The van der Waals surface area contributed by atoms with E-state index in [1.165, 1.54) is 32.4 Å². The first kappa shape index (κ1) is 14.8. The lowest BCUT2D eigenvalue weighted by molar-refractivity contribution is -0.130. The monoisotopic (exact) mass is 267 g/mol. The van der Waals surface area contributed by atoms with Gasteiger partial charge in [-0.05, 0) is 45.2 Å². The summed E-state index contributed by atoms with van der Waals surface area (Å²) in [6.45, 7) is 10.8. The first-order valence-corrected chi connectivity index (χ1v) is 7.87. The molecule has 2 fully saturated rings. The fourth-order valence-electron chi connectivity index (χ4n) is 3.19. The molecule has 4 heteroatoms. The van der Waals surface area contributed by atoms with Gasteiger partial charge in [0.05, 0.1) is 12.2 Å². The van der Waals surface area contributed by atoms with Gasteiger partial charge in [0.15, 0.2) is 0 Å². The van der Waals surface area contributed by atoms with Gasteiger partial charge >= 0.3 is 0 Å². The van der Waals surface area contributed by atoms with E-state index in [4.69, 9.17) is 0 Å². The second-order valence-corrected chi connectivity index (χ2v) is 6.47. The van der Waals surface area contributed by atoms with Crippen LogP contribution in [0, 0.1) is 5.92 Å². The van der Waals surface area contributed by atoms with Gasteiger partial charge in [-0.3, -0.25) is 10.1 Å². The number of carbonyl (C=O) groups is 1. The Kier molecular flexibility index (Phi) is 5.22. The predicted octanol–water partition coefficient (Wildman–Crippen LogP) is 1.66. The number of rotatable bonds is 5. The summed E-state index contributed by atoms with van der Waals surface area (Å²) < 4.78 is 0. The molecule has 2 unspecified atom stereocenters. The van der Waals surface area contributed by atoms with E-state index in [2.05, 4.69) is 29.0 Å². The largest absolute Gasteiger partial charge is 0.325 e. The molecule has 2 atom stereocenters. The molecule has 0 aliphatic carbocycles. The Bertz CT molecular complexity index is 300. The molecule has 0 spiro atoms. The van der Waals surface area contributed by atoms with Gasteiger partial charge in [-0.2, -0.15) is 0 Å². The molecular formula is C15H29N3O. The molecule has 0 aromatic rings. The predicted molar refractivity (Wildman–Crippen MR) is 77.8 cm³/mol. The normalized spacial score (nSPS) is 29.5. The van der Waals surface area contributed by atoms with Gasteiger partial charge in [0, 0.05) is 13.1 Å². The molecule has 2 heterocycles. The van der Waals surface area contributed by atoms with Crippen LogP contribution in [0.1, 0.15) is 46.5 Å². The van der Waals surface area contributed by atoms with Crippen LogP contribution >= 0.6 is 0 Å². The van der Waals surface area contributed by atoms with E-state index in [1.807, 2.05) is 6.92 Å². The molecule has 2 aliphatic heterocycles. The van der Waals surface area contributed by atoms with Gasteiger partial charge in [0.1, 0.15) is 0 Å². The van der Waals surface area contributed by atoms with Crippen molar-refractivity contribution in [3.05, 3.63) is 0 Å². The lowest BCUT2D eigenvalue weighted by Crippen LogP contribution is -2.44. The molecule has 0 bridgehead atoms. The van der Waals surface area contributed by atoms with E-state index >= 15 is 0 Å². The minimum atomic E-state index is -0.00916. The van der Waals surface area contributed by atoms with Gasteiger partial charge in [0.2, 0.25) is 5.91 Å². The van der Waals surface area contributed by atoms with Crippen LogP contribution in [0.15, 0.2) is 0 Å². The Balaban J connectivity index is 1.85. The summed E-state index contributed by atoms with van der Waals surface area (Å²) in [5.41, 5.74) is 0. The zero-order valence-electron chi connectivity index (χ0n) is 12.7. The Morgan fingerprint density at radius 1 is 1.21 bits per heavy atom. The molecule has 0 radical (unpaired) electrons. The van der Waals surface area contributed by atoms with Crippen molar-refractivity contribution in [2.24, 2.45) is 5.92 Å². The number of nitrogens with zero attached hydrogens (tertiary/aromatic N) is 2. The summed E-state index contributed by atoms with van der Waals surface area (Å²) >= 11 is 0. The van der Waals surface area contributed by atoms with Crippen LogP contribution < -0.4 is 5.32 Å². The molecule has 19 heavy (non-hydrogen) atoms.